The molecule has 4 rings (SSSR count). The van der Waals surface area contributed by atoms with E-state index in [1.54, 1.807) is 0 Å². The molecule has 2 heterocycles. The first-order valence-electron chi connectivity index (χ1n) is 9.66. The van der Waals surface area contributed by atoms with Crippen LogP contribution in [0, 0.1) is 12.3 Å². The highest BCUT2D eigenvalue weighted by Crippen LogP contribution is 2.47. The Morgan fingerprint density at radius 2 is 2.04 bits per heavy atom. The van der Waals surface area contributed by atoms with E-state index in [1.807, 2.05) is 32.0 Å². The van der Waals surface area contributed by atoms with Crippen molar-refractivity contribution in [2.75, 3.05) is 11.1 Å². The average Bonchev–Trinajstić information content (AvgIpc) is 2.59. The SMILES string of the molecule is CCSc1nc2c(c(=O)[nH]1)C(c1cccc(C)c1)C1=C(CC(C)(C)CC1=O)N2. The van der Waals surface area contributed by atoms with Crippen LogP contribution in [0.1, 0.15) is 56.2 Å². The number of allylic oxidation sites excluding steroid dienone is 2. The smallest absolute Gasteiger partial charge is 0.257 e. The lowest BCUT2D eigenvalue weighted by Crippen LogP contribution is -2.37. The second-order valence-electron chi connectivity index (χ2n) is 8.37. The number of rotatable bonds is 3. The molecular weight excluding hydrogens is 370 g/mol. The Labute approximate surface area is 169 Å². The molecule has 1 aliphatic carbocycles. The number of nitrogens with zero attached hydrogens (tertiary/aromatic N) is 1. The molecule has 2 aliphatic rings. The summed E-state index contributed by atoms with van der Waals surface area (Å²) < 4.78 is 0. The van der Waals surface area contributed by atoms with Crippen LogP contribution >= 0.6 is 11.8 Å². The van der Waals surface area contributed by atoms with Crippen LogP contribution in [-0.2, 0) is 4.79 Å². The summed E-state index contributed by atoms with van der Waals surface area (Å²) in [5.41, 5.74) is 3.95. The number of nitrogens with one attached hydrogen (secondary N) is 2. The minimum Gasteiger partial charge on any atom is -0.343 e. The van der Waals surface area contributed by atoms with E-state index < -0.39 is 0 Å². The molecule has 1 aromatic carbocycles. The molecule has 0 spiro atoms. The van der Waals surface area contributed by atoms with Crippen molar-refractivity contribution in [2.24, 2.45) is 5.41 Å². The topological polar surface area (TPSA) is 74.8 Å². The first-order valence-corrected chi connectivity index (χ1v) is 10.6. The van der Waals surface area contributed by atoms with E-state index >= 15 is 0 Å². The molecule has 0 saturated carbocycles. The van der Waals surface area contributed by atoms with Crippen LogP contribution in [0.2, 0.25) is 0 Å². The van der Waals surface area contributed by atoms with Gasteiger partial charge in [0.05, 0.1) is 5.56 Å². The number of Topliss-reactive ketones (excluding diaryl/α,β-unsaturated/α-hetero) is 1. The van der Waals surface area contributed by atoms with E-state index in [-0.39, 0.29) is 22.7 Å². The number of carbonyl (C=O) groups is 1. The number of thioether (sulfide) groups is 1. The van der Waals surface area contributed by atoms with E-state index in [0.29, 0.717) is 23.0 Å². The van der Waals surface area contributed by atoms with Gasteiger partial charge in [0.2, 0.25) is 0 Å². The van der Waals surface area contributed by atoms with Gasteiger partial charge in [-0.25, -0.2) is 4.98 Å². The number of aromatic nitrogens is 2. The third-order valence-electron chi connectivity index (χ3n) is 5.36. The second-order valence-corrected chi connectivity index (χ2v) is 9.62. The van der Waals surface area contributed by atoms with Crippen molar-refractivity contribution in [3.63, 3.8) is 0 Å². The lowest BCUT2D eigenvalue weighted by molar-refractivity contribution is -0.118. The van der Waals surface area contributed by atoms with Gasteiger partial charge in [0, 0.05) is 23.6 Å². The molecule has 0 bridgehead atoms. The minimum absolute atomic E-state index is 0.111. The fraction of sp³-hybridized carbons (Fsp3) is 0.409. The summed E-state index contributed by atoms with van der Waals surface area (Å²) in [6.45, 7) is 8.26. The molecule has 2 aromatic rings. The fourth-order valence-corrected chi connectivity index (χ4v) is 4.88. The normalized spacial score (nSPS) is 20.4. The van der Waals surface area contributed by atoms with Crippen molar-refractivity contribution in [3.8, 4) is 0 Å². The van der Waals surface area contributed by atoms with E-state index in [1.165, 1.54) is 11.8 Å². The fourth-order valence-electron chi connectivity index (χ4n) is 4.28. The Morgan fingerprint density at radius 1 is 1.25 bits per heavy atom. The number of carbonyl (C=O) groups excluding carboxylic acids is 1. The Kier molecular flexibility index (Phi) is 4.70. The highest BCUT2D eigenvalue weighted by Gasteiger charge is 2.42. The number of aryl methyl sites for hydroxylation is 1. The Morgan fingerprint density at radius 3 is 2.75 bits per heavy atom. The summed E-state index contributed by atoms with van der Waals surface area (Å²) in [6.07, 6.45) is 1.25. The van der Waals surface area contributed by atoms with E-state index in [4.69, 9.17) is 0 Å². The standard InChI is InChI=1S/C22H25N3O2S/c1-5-28-21-24-19-18(20(27)25-21)16(13-8-6-7-12(2)9-13)17-14(23-19)10-22(3,4)11-15(17)26/h6-9,16H,5,10-11H2,1-4H3,(H2,23,24,25,27). The largest absolute Gasteiger partial charge is 0.343 e. The minimum atomic E-state index is -0.383. The van der Waals surface area contributed by atoms with Gasteiger partial charge >= 0.3 is 0 Å². The van der Waals surface area contributed by atoms with Crippen LogP contribution in [0.3, 0.4) is 0 Å². The zero-order valence-corrected chi connectivity index (χ0v) is 17.5. The van der Waals surface area contributed by atoms with Gasteiger partial charge in [-0.15, -0.1) is 0 Å². The van der Waals surface area contributed by atoms with E-state index in [9.17, 15) is 9.59 Å². The molecule has 1 unspecified atom stereocenters. The molecule has 0 saturated heterocycles. The van der Waals surface area contributed by atoms with E-state index in [0.717, 1.165) is 34.6 Å². The molecule has 146 valence electrons. The summed E-state index contributed by atoms with van der Waals surface area (Å²) in [4.78, 5) is 33.8. The van der Waals surface area contributed by atoms with Crippen LogP contribution in [0.15, 0.2) is 45.5 Å². The number of hydrogen-bond acceptors (Lipinski definition) is 5. The third-order valence-corrected chi connectivity index (χ3v) is 6.11. The Balaban J connectivity index is 1.96. The summed E-state index contributed by atoms with van der Waals surface area (Å²) in [6, 6.07) is 8.06. The highest BCUT2D eigenvalue weighted by atomic mass is 32.2. The predicted molar refractivity (Wildman–Crippen MR) is 113 cm³/mol. The average molecular weight is 396 g/mol. The summed E-state index contributed by atoms with van der Waals surface area (Å²) in [5.74, 6) is 1.13. The predicted octanol–water partition coefficient (Wildman–Crippen LogP) is 4.39. The van der Waals surface area contributed by atoms with E-state index in [2.05, 4.69) is 35.2 Å². The summed E-state index contributed by atoms with van der Waals surface area (Å²) in [7, 11) is 0. The Hall–Kier alpha value is -2.34. The number of ketones is 1. The van der Waals surface area contributed by atoms with Gasteiger partial charge in [0.1, 0.15) is 5.82 Å². The number of benzene rings is 1. The van der Waals surface area contributed by atoms with Crippen LogP contribution in [0.25, 0.3) is 0 Å². The number of hydrogen-bond donors (Lipinski definition) is 2. The van der Waals surface area contributed by atoms with Gasteiger partial charge in [-0.05, 0) is 30.1 Å². The molecule has 1 aliphatic heterocycles. The Bertz CT molecular complexity index is 1050. The highest BCUT2D eigenvalue weighted by molar-refractivity contribution is 7.99. The van der Waals surface area contributed by atoms with Gasteiger partial charge in [-0.1, -0.05) is 62.4 Å². The molecule has 5 nitrogen and oxygen atoms in total. The maximum Gasteiger partial charge on any atom is 0.257 e. The van der Waals surface area contributed by atoms with Crippen LogP contribution in [0.5, 0.6) is 0 Å². The number of anilines is 1. The third kappa shape index (κ3) is 3.30. The molecule has 0 radical (unpaired) electrons. The van der Waals surface area contributed by atoms with Gasteiger partial charge in [-0.2, -0.15) is 0 Å². The monoisotopic (exact) mass is 395 g/mol. The maximum atomic E-state index is 13.2. The summed E-state index contributed by atoms with van der Waals surface area (Å²) in [5, 5.41) is 3.96. The zero-order valence-electron chi connectivity index (χ0n) is 16.7. The quantitative estimate of drug-likeness (QED) is 0.595. The first kappa shape index (κ1) is 19.0. The maximum absolute atomic E-state index is 13.2. The van der Waals surface area contributed by atoms with Gasteiger partial charge in [0.25, 0.3) is 5.56 Å². The van der Waals surface area contributed by atoms with Crippen LogP contribution in [-0.4, -0.2) is 21.5 Å². The number of aromatic amines is 1. The molecule has 6 heteroatoms. The van der Waals surface area contributed by atoms with Crippen molar-refractivity contribution >= 4 is 23.4 Å². The lowest BCUT2D eigenvalue weighted by Gasteiger charge is -2.38. The molecule has 0 amide bonds. The van der Waals surface area contributed by atoms with Gasteiger partial charge in [0.15, 0.2) is 10.9 Å². The molecule has 1 aromatic heterocycles. The van der Waals surface area contributed by atoms with Gasteiger partial charge < -0.3 is 10.3 Å². The van der Waals surface area contributed by atoms with Crippen molar-refractivity contribution in [1.29, 1.82) is 0 Å². The van der Waals surface area contributed by atoms with Crippen molar-refractivity contribution in [3.05, 3.63) is 62.6 Å². The first-order chi connectivity index (χ1) is 13.3. The summed E-state index contributed by atoms with van der Waals surface area (Å²) >= 11 is 1.50. The molecule has 1 atom stereocenters. The van der Waals surface area contributed by atoms with Crippen LogP contribution in [0.4, 0.5) is 5.82 Å². The van der Waals surface area contributed by atoms with Crippen LogP contribution < -0.4 is 10.9 Å². The number of H-pyrrole nitrogens is 1. The molecule has 2 N–H and O–H groups in total. The van der Waals surface area contributed by atoms with Crippen molar-refractivity contribution in [1.82, 2.24) is 9.97 Å². The van der Waals surface area contributed by atoms with Crippen molar-refractivity contribution < 1.29 is 4.79 Å². The molecule has 0 fully saturated rings. The second kappa shape index (κ2) is 6.92. The van der Waals surface area contributed by atoms with Gasteiger partial charge in [-0.3, -0.25) is 9.59 Å². The van der Waals surface area contributed by atoms with Crippen molar-refractivity contribution in [2.45, 2.75) is 51.6 Å². The molecular formula is C22H25N3O2S. The lowest BCUT2D eigenvalue weighted by atomic mass is 9.69. The number of fused-ring (bicyclic) bond motifs is 1. The molecule has 28 heavy (non-hydrogen) atoms. The zero-order chi connectivity index (χ0) is 20.1.